The highest BCUT2D eigenvalue weighted by atomic mass is 16.5. The Bertz CT molecular complexity index is 1240. The maximum Gasteiger partial charge on any atom is 0.253 e. The van der Waals surface area contributed by atoms with Gasteiger partial charge in [0, 0.05) is 30.7 Å². The number of ether oxygens (including phenoxy) is 1. The van der Waals surface area contributed by atoms with Gasteiger partial charge in [-0.25, -0.2) is 0 Å². The van der Waals surface area contributed by atoms with Gasteiger partial charge in [0.25, 0.3) is 5.91 Å². The van der Waals surface area contributed by atoms with Crippen LogP contribution in [0.5, 0.6) is 5.75 Å². The van der Waals surface area contributed by atoms with Crippen LogP contribution in [0.25, 0.3) is 10.8 Å². The quantitative estimate of drug-likeness (QED) is 0.459. The van der Waals surface area contributed by atoms with Gasteiger partial charge in [-0.2, -0.15) is 5.26 Å². The molecule has 1 aliphatic rings. The van der Waals surface area contributed by atoms with Gasteiger partial charge < -0.3 is 20.1 Å². The summed E-state index contributed by atoms with van der Waals surface area (Å²) in [6.07, 6.45) is 3.25. The van der Waals surface area contributed by atoms with Crippen molar-refractivity contribution in [3.8, 4) is 11.8 Å². The first-order valence-electron chi connectivity index (χ1n) is 12.7. The van der Waals surface area contributed by atoms with Crippen LogP contribution in [0.15, 0.2) is 60.7 Å². The molecular weight excluding hydrogens is 450 g/mol. The fraction of sp³-hybridized carbons (Fsp3) is 0.400. The molecule has 0 saturated carbocycles. The maximum absolute atomic E-state index is 12.7. The summed E-state index contributed by atoms with van der Waals surface area (Å²) >= 11 is 0. The van der Waals surface area contributed by atoms with Gasteiger partial charge in [0.15, 0.2) is 0 Å². The van der Waals surface area contributed by atoms with Crippen LogP contribution in [-0.2, 0) is 6.42 Å². The van der Waals surface area contributed by atoms with Crippen molar-refractivity contribution in [1.29, 1.82) is 5.26 Å². The molecule has 0 unspecified atom stereocenters. The molecule has 0 radical (unpaired) electrons. The zero-order chi connectivity index (χ0) is 25.5. The first kappa shape index (κ1) is 25.7. The van der Waals surface area contributed by atoms with Crippen molar-refractivity contribution < 1.29 is 14.6 Å². The van der Waals surface area contributed by atoms with E-state index in [1.54, 1.807) is 18.2 Å². The molecule has 3 aromatic rings. The number of fused-ring (bicyclic) bond motifs is 1. The summed E-state index contributed by atoms with van der Waals surface area (Å²) in [5.74, 6) is 0.331. The molecule has 2 N–H and O–H groups in total. The third-order valence-corrected chi connectivity index (χ3v) is 6.70. The number of nitriles is 1. The van der Waals surface area contributed by atoms with Crippen molar-refractivity contribution in [2.24, 2.45) is 0 Å². The highest BCUT2D eigenvalue weighted by Crippen LogP contribution is 2.22. The molecule has 1 aliphatic heterocycles. The number of piperidine rings is 1. The summed E-state index contributed by atoms with van der Waals surface area (Å²) in [4.78, 5) is 14.6. The number of benzene rings is 3. The summed E-state index contributed by atoms with van der Waals surface area (Å²) in [6, 6.07) is 21.9. The lowest BCUT2D eigenvalue weighted by molar-refractivity contribution is 0.0724. The molecule has 1 saturated heterocycles. The number of amides is 1. The van der Waals surface area contributed by atoms with Gasteiger partial charge in [-0.1, -0.05) is 42.5 Å². The first-order valence-corrected chi connectivity index (χ1v) is 12.7. The molecule has 0 spiro atoms. The first-order chi connectivity index (χ1) is 17.3. The highest BCUT2D eigenvalue weighted by molar-refractivity contribution is 5.95. The molecule has 1 amide bonds. The number of hydrogen-bond donors (Lipinski definition) is 2. The third-order valence-electron chi connectivity index (χ3n) is 6.70. The standard InChI is InChI=1S/C30H35N3O3/c1-30(2,18-22-10-11-23-8-4-5-9-24(23)16-22)32-20-27(34)21-36-28-13-12-25(17-26(28)19-31)29(35)33-14-6-3-7-15-33/h4-5,8-13,16-17,27,32,34H,3,6-7,14-15,18,20-21H2,1-2H3/t27-/m1/s1. The van der Waals surface area contributed by atoms with Gasteiger partial charge in [0.05, 0.1) is 5.56 Å². The van der Waals surface area contributed by atoms with E-state index in [4.69, 9.17) is 4.74 Å². The lowest BCUT2D eigenvalue weighted by Crippen LogP contribution is -2.46. The van der Waals surface area contributed by atoms with Crippen LogP contribution in [0.2, 0.25) is 0 Å². The largest absolute Gasteiger partial charge is 0.489 e. The van der Waals surface area contributed by atoms with E-state index >= 15 is 0 Å². The van der Waals surface area contributed by atoms with Crippen molar-refractivity contribution in [3.05, 3.63) is 77.4 Å². The molecule has 0 bridgehead atoms. The molecule has 188 valence electrons. The van der Waals surface area contributed by atoms with E-state index in [2.05, 4.69) is 55.6 Å². The Balaban J connectivity index is 1.29. The Morgan fingerprint density at radius 3 is 2.58 bits per heavy atom. The van der Waals surface area contributed by atoms with E-state index in [9.17, 15) is 15.2 Å². The number of nitrogens with zero attached hydrogens (tertiary/aromatic N) is 2. The Hall–Kier alpha value is -3.40. The fourth-order valence-electron chi connectivity index (χ4n) is 4.72. The molecule has 6 nitrogen and oxygen atoms in total. The van der Waals surface area contributed by atoms with Crippen molar-refractivity contribution in [3.63, 3.8) is 0 Å². The Kier molecular flexibility index (Phi) is 8.25. The van der Waals surface area contributed by atoms with E-state index in [0.717, 1.165) is 38.8 Å². The summed E-state index contributed by atoms with van der Waals surface area (Å²) < 4.78 is 5.76. The number of rotatable bonds is 9. The highest BCUT2D eigenvalue weighted by Gasteiger charge is 2.21. The van der Waals surface area contributed by atoms with Gasteiger partial charge in [-0.05, 0) is 74.1 Å². The van der Waals surface area contributed by atoms with Crippen molar-refractivity contribution in [2.75, 3.05) is 26.2 Å². The second-order valence-corrected chi connectivity index (χ2v) is 10.3. The molecule has 1 atom stereocenters. The summed E-state index contributed by atoms with van der Waals surface area (Å²) in [6.45, 7) is 6.15. The number of β-amino-alcohol motifs (C(OH)–C–C–N with tert-alkyl or cyclic N) is 1. The molecule has 0 aromatic heterocycles. The molecule has 3 aromatic carbocycles. The van der Waals surface area contributed by atoms with Gasteiger partial charge in [-0.3, -0.25) is 4.79 Å². The Morgan fingerprint density at radius 1 is 1.08 bits per heavy atom. The zero-order valence-electron chi connectivity index (χ0n) is 21.2. The van der Waals surface area contributed by atoms with Crippen LogP contribution in [0.4, 0.5) is 0 Å². The number of aliphatic hydroxyl groups excluding tert-OH is 1. The van der Waals surface area contributed by atoms with Gasteiger partial charge in [-0.15, -0.1) is 0 Å². The number of carbonyl (C=O) groups excluding carboxylic acids is 1. The fourth-order valence-corrected chi connectivity index (χ4v) is 4.72. The maximum atomic E-state index is 12.7. The van der Waals surface area contributed by atoms with Crippen molar-refractivity contribution in [2.45, 2.75) is 51.2 Å². The van der Waals surface area contributed by atoms with Gasteiger partial charge in [0.1, 0.15) is 24.5 Å². The van der Waals surface area contributed by atoms with E-state index in [1.807, 2.05) is 17.0 Å². The normalized spacial score (nSPS) is 14.9. The molecular formula is C30H35N3O3. The van der Waals surface area contributed by atoms with Crippen molar-refractivity contribution >= 4 is 16.7 Å². The van der Waals surface area contributed by atoms with E-state index in [0.29, 0.717) is 23.4 Å². The zero-order valence-corrected chi connectivity index (χ0v) is 21.2. The van der Waals surface area contributed by atoms with Crippen LogP contribution < -0.4 is 10.1 Å². The van der Waals surface area contributed by atoms with Crippen molar-refractivity contribution in [1.82, 2.24) is 10.2 Å². The summed E-state index contributed by atoms with van der Waals surface area (Å²) in [7, 11) is 0. The molecule has 6 heteroatoms. The summed E-state index contributed by atoms with van der Waals surface area (Å²) in [5, 5.41) is 26.0. The lowest BCUT2D eigenvalue weighted by atomic mass is 9.93. The topological polar surface area (TPSA) is 85.6 Å². The van der Waals surface area contributed by atoms with Crippen LogP contribution >= 0.6 is 0 Å². The van der Waals surface area contributed by atoms with Gasteiger partial charge >= 0.3 is 0 Å². The number of carbonyl (C=O) groups is 1. The second-order valence-electron chi connectivity index (χ2n) is 10.3. The minimum absolute atomic E-state index is 0.0457. The monoisotopic (exact) mass is 485 g/mol. The lowest BCUT2D eigenvalue weighted by Gasteiger charge is -2.28. The SMILES string of the molecule is CC(C)(Cc1ccc2ccccc2c1)NC[C@@H](O)COc1ccc(C(=O)N2CCCCC2)cc1C#N. The average molecular weight is 486 g/mol. The van der Waals surface area contributed by atoms with Crippen LogP contribution in [-0.4, -0.2) is 53.8 Å². The van der Waals surface area contributed by atoms with Crippen LogP contribution in [0, 0.1) is 11.3 Å². The Morgan fingerprint density at radius 2 is 1.83 bits per heavy atom. The second kappa shape index (κ2) is 11.6. The Labute approximate surface area is 213 Å². The predicted molar refractivity (Wildman–Crippen MR) is 142 cm³/mol. The van der Waals surface area contributed by atoms with E-state index < -0.39 is 6.10 Å². The molecule has 1 fully saturated rings. The summed E-state index contributed by atoms with van der Waals surface area (Å²) in [5.41, 5.74) is 1.81. The van der Waals surface area contributed by atoms with Crippen LogP contribution in [0.3, 0.4) is 0 Å². The van der Waals surface area contributed by atoms with E-state index in [1.165, 1.54) is 16.3 Å². The number of likely N-dealkylation sites (tertiary alicyclic amines) is 1. The third kappa shape index (κ3) is 6.63. The minimum Gasteiger partial charge on any atom is -0.489 e. The van der Waals surface area contributed by atoms with Gasteiger partial charge in [0.2, 0.25) is 0 Å². The molecule has 0 aliphatic carbocycles. The van der Waals surface area contributed by atoms with E-state index in [-0.39, 0.29) is 18.1 Å². The molecule has 4 rings (SSSR count). The molecule has 36 heavy (non-hydrogen) atoms. The predicted octanol–water partition coefficient (Wildman–Crippen LogP) is 4.69. The van der Waals surface area contributed by atoms with Crippen LogP contribution in [0.1, 0.15) is 54.6 Å². The number of nitrogens with one attached hydrogen (secondary N) is 1. The number of aliphatic hydroxyl groups is 1. The smallest absolute Gasteiger partial charge is 0.253 e. The number of hydrogen-bond acceptors (Lipinski definition) is 5. The minimum atomic E-state index is -0.748. The average Bonchev–Trinajstić information content (AvgIpc) is 2.90. The molecule has 1 heterocycles.